The number of rotatable bonds is 5. The molecular formula is C16H16O2. The minimum absolute atomic E-state index is 0.643. The maximum Gasteiger partial charge on any atom is 0.150 e. The standard InChI is InChI=1S/C16H16O2/c1-13-3-2-4-14(11-13)9-10-18-16-7-5-15(12-17)6-8-16/h2-8,11-12H,9-10H2,1H3. The summed E-state index contributed by atoms with van der Waals surface area (Å²) >= 11 is 0. The van der Waals surface area contributed by atoms with Crippen LogP contribution in [0.3, 0.4) is 0 Å². The number of benzene rings is 2. The van der Waals surface area contributed by atoms with Crippen molar-refractivity contribution in [3.05, 3.63) is 65.2 Å². The minimum atomic E-state index is 0.643. The van der Waals surface area contributed by atoms with Crippen LogP contribution >= 0.6 is 0 Å². The lowest BCUT2D eigenvalue weighted by atomic mass is 10.1. The molecular weight excluding hydrogens is 224 g/mol. The summed E-state index contributed by atoms with van der Waals surface area (Å²) in [5, 5.41) is 0. The third-order valence-corrected chi connectivity index (χ3v) is 2.76. The highest BCUT2D eigenvalue weighted by Crippen LogP contribution is 2.12. The Morgan fingerprint density at radius 2 is 1.89 bits per heavy atom. The number of carbonyl (C=O) groups excluding carboxylic acids is 1. The molecule has 0 unspecified atom stereocenters. The van der Waals surface area contributed by atoms with Crippen molar-refractivity contribution in [1.82, 2.24) is 0 Å². The van der Waals surface area contributed by atoms with Crippen molar-refractivity contribution in [2.75, 3.05) is 6.61 Å². The van der Waals surface area contributed by atoms with Crippen LogP contribution in [-0.2, 0) is 6.42 Å². The highest BCUT2D eigenvalue weighted by Gasteiger charge is 1.97. The van der Waals surface area contributed by atoms with Crippen LogP contribution in [0.4, 0.5) is 0 Å². The zero-order chi connectivity index (χ0) is 12.8. The molecule has 0 fully saturated rings. The lowest BCUT2D eigenvalue weighted by Crippen LogP contribution is -2.01. The maximum atomic E-state index is 10.5. The van der Waals surface area contributed by atoms with Crippen molar-refractivity contribution in [2.24, 2.45) is 0 Å². The van der Waals surface area contributed by atoms with Gasteiger partial charge in [0.2, 0.25) is 0 Å². The van der Waals surface area contributed by atoms with E-state index in [4.69, 9.17) is 4.74 Å². The molecule has 0 aliphatic carbocycles. The van der Waals surface area contributed by atoms with Crippen molar-refractivity contribution in [2.45, 2.75) is 13.3 Å². The fourth-order valence-electron chi connectivity index (χ4n) is 1.80. The normalized spacial score (nSPS) is 10.1. The van der Waals surface area contributed by atoms with Gasteiger partial charge in [0, 0.05) is 12.0 Å². The largest absolute Gasteiger partial charge is 0.493 e. The smallest absolute Gasteiger partial charge is 0.150 e. The van der Waals surface area contributed by atoms with Gasteiger partial charge in [0.15, 0.2) is 0 Å². The first-order valence-corrected chi connectivity index (χ1v) is 6.01. The molecule has 0 radical (unpaired) electrons. The first-order chi connectivity index (χ1) is 8.78. The molecule has 92 valence electrons. The van der Waals surface area contributed by atoms with E-state index in [1.54, 1.807) is 12.1 Å². The predicted molar refractivity (Wildman–Crippen MR) is 72.2 cm³/mol. The second-order valence-corrected chi connectivity index (χ2v) is 4.27. The quantitative estimate of drug-likeness (QED) is 0.748. The van der Waals surface area contributed by atoms with Gasteiger partial charge in [0.25, 0.3) is 0 Å². The summed E-state index contributed by atoms with van der Waals surface area (Å²) < 4.78 is 5.63. The summed E-state index contributed by atoms with van der Waals surface area (Å²) in [6.45, 7) is 2.73. The van der Waals surface area contributed by atoms with Crippen LogP contribution in [0.5, 0.6) is 5.75 Å². The molecule has 0 amide bonds. The van der Waals surface area contributed by atoms with E-state index in [-0.39, 0.29) is 0 Å². The van der Waals surface area contributed by atoms with E-state index in [9.17, 15) is 4.79 Å². The number of aldehydes is 1. The van der Waals surface area contributed by atoms with Gasteiger partial charge in [-0.05, 0) is 36.8 Å². The topological polar surface area (TPSA) is 26.3 Å². The fraction of sp³-hybridized carbons (Fsp3) is 0.188. The molecule has 2 aromatic rings. The Labute approximate surface area is 107 Å². The predicted octanol–water partition coefficient (Wildman–Crippen LogP) is 3.43. The van der Waals surface area contributed by atoms with Crippen molar-refractivity contribution in [3.8, 4) is 5.75 Å². The molecule has 0 spiro atoms. The number of hydrogen-bond donors (Lipinski definition) is 0. The molecule has 0 bridgehead atoms. The number of ether oxygens (including phenoxy) is 1. The van der Waals surface area contributed by atoms with E-state index in [1.807, 2.05) is 12.1 Å². The number of aryl methyl sites for hydroxylation is 1. The van der Waals surface area contributed by atoms with Gasteiger partial charge in [0.05, 0.1) is 6.61 Å². The summed E-state index contributed by atoms with van der Waals surface area (Å²) in [6.07, 6.45) is 1.72. The summed E-state index contributed by atoms with van der Waals surface area (Å²) in [5.41, 5.74) is 3.21. The van der Waals surface area contributed by atoms with E-state index < -0.39 is 0 Å². The lowest BCUT2D eigenvalue weighted by molar-refractivity contribution is 0.112. The van der Waals surface area contributed by atoms with Crippen molar-refractivity contribution in [1.29, 1.82) is 0 Å². The molecule has 0 heterocycles. The van der Waals surface area contributed by atoms with E-state index in [1.165, 1.54) is 11.1 Å². The molecule has 0 saturated carbocycles. The van der Waals surface area contributed by atoms with Crippen LogP contribution in [0.15, 0.2) is 48.5 Å². The Kier molecular flexibility index (Phi) is 4.13. The van der Waals surface area contributed by atoms with Gasteiger partial charge in [-0.15, -0.1) is 0 Å². The molecule has 0 aliphatic heterocycles. The first kappa shape index (κ1) is 12.4. The summed E-state index contributed by atoms with van der Waals surface area (Å²) in [4.78, 5) is 10.5. The minimum Gasteiger partial charge on any atom is -0.493 e. The second-order valence-electron chi connectivity index (χ2n) is 4.27. The molecule has 2 heteroatoms. The number of carbonyl (C=O) groups is 1. The summed E-state index contributed by atoms with van der Waals surface area (Å²) in [5.74, 6) is 0.799. The van der Waals surface area contributed by atoms with E-state index in [2.05, 4.69) is 31.2 Å². The molecule has 18 heavy (non-hydrogen) atoms. The van der Waals surface area contributed by atoms with Crippen LogP contribution in [0.25, 0.3) is 0 Å². The molecule has 0 aliphatic rings. The summed E-state index contributed by atoms with van der Waals surface area (Å²) in [6, 6.07) is 15.6. The zero-order valence-corrected chi connectivity index (χ0v) is 10.4. The molecule has 2 nitrogen and oxygen atoms in total. The van der Waals surface area contributed by atoms with Crippen LogP contribution in [-0.4, -0.2) is 12.9 Å². The van der Waals surface area contributed by atoms with Crippen molar-refractivity contribution in [3.63, 3.8) is 0 Å². The van der Waals surface area contributed by atoms with E-state index >= 15 is 0 Å². The number of hydrogen-bond acceptors (Lipinski definition) is 2. The molecule has 2 aromatic carbocycles. The summed E-state index contributed by atoms with van der Waals surface area (Å²) in [7, 11) is 0. The Morgan fingerprint density at radius 3 is 2.56 bits per heavy atom. The van der Waals surface area contributed by atoms with E-state index in [0.717, 1.165) is 18.5 Å². The van der Waals surface area contributed by atoms with Crippen molar-refractivity contribution < 1.29 is 9.53 Å². The Balaban J connectivity index is 1.86. The zero-order valence-electron chi connectivity index (χ0n) is 10.4. The highest BCUT2D eigenvalue weighted by atomic mass is 16.5. The van der Waals surface area contributed by atoms with E-state index in [0.29, 0.717) is 12.2 Å². The molecule has 2 rings (SSSR count). The van der Waals surface area contributed by atoms with Crippen LogP contribution in [0.2, 0.25) is 0 Å². The third-order valence-electron chi connectivity index (χ3n) is 2.76. The van der Waals surface area contributed by atoms with Crippen LogP contribution in [0.1, 0.15) is 21.5 Å². The molecule has 0 N–H and O–H groups in total. The Bertz CT molecular complexity index is 515. The van der Waals surface area contributed by atoms with Crippen LogP contribution < -0.4 is 4.74 Å². The highest BCUT2D eigenvalue weighted by molar-refractivity contribution is 5.74. The lowest BCUT2D eigenvalue weighted by Gasteiger charge is -2.06. The average Bonchev–Trinajstić information content (AvgIpc) is 2.40. The van der Waals surface area contributed by atoms with Gasteiger partial charge < -0.3 is 4.74 Å². The molecule has 0 saturated heterocycles. The average molecular weight is 240 g/mol. The fourth-order valence-corrected chi connectivity index (χ4v) is 1.80. The van der Waals surface area contributed by atoms with Crippen molar-refractivity contribution >= 4 is 6.29 Å². The second kappa shape index (κ2) is 6.01. The van der Waals surface area contributed by atoms with Gasteiger partial charge in [-0.2, -0.15) is 0 Å². The Hall–Kier alpha value is -2.09. The monoisotopic (exact) mass is 240 g/mol. The Morgan fingerprint density at radius 1 is 1.11 bits per heavy atom. The SMILES string of the molecule is Cc1cccc(CCOc2ccc(C=O)cc2)c1. The van der Waals surface area contributed by atoms with Gasteiger partial charge >= 0.3 is 0 Å². The van der Waals surface area contributed by atoms with Gasteiger partial charge in [-0.25, -0.2) is 0 Å². The first-order valence-electron chi connectivity index (χ1n) is 6.01. The third kappa shape index (κ3) is 3.45. The van der Waals surface area contributed by atoms with Gasteiger partial charge in [0.1, 0.15) is 12.0 Å². The maximum absolute atomic E-state index is 10.5. The van der Waals surface area contributed by atoms with Gasteiger partial charge in [-0.1, -0.05) is 29.8 Å². The molecule has 0 aromatic heterocycles. The molecule has 0 atom stereocenters. The van der Waals surface area contributed by atoms with Gasteiger partial charge in [-0.3, -0.25) is 4.79 Å². The van der Waals surface area contributed by atoms with Crippen LogP contribution in [0, 0.1) is 6.92 Å².